The van der Waals surface area contributed by atoms with Gasteiger partial charge in [-0.3, -0.25) is 0 Å². The Morgan fingerprint density at radius 2 is 1.09 bits per heavy atom. The van der Waals surface area contributed by atoms with Gasteiger partial charge in [-0.25, -0.2) is 0 Å². The lowest BCUT2D eigenvalue weighted by Crippen LogP contribution is -2.13. The average molecular weight is 421 g/mol. The van der Waals surface area contributed by atoms with Gasteiger partial charge in [0.25, 0.3) is 0 Å². The lowest BCUT2D eigenvalue weighted by Gasteiger charge is -2.26. The maximum atomic E-state index is 3.83. The lowest BCUT2D eigenvalue weighted by atomic mass is 9.82. The van der Waals surface area contributed by atoms with Crippen molar-refractivity contribution in [1.82, 2.24) is 0 Å². The second-order valence-electron chi connectivity index (χ2n) is 9.46. The Labute approximate surface area is 192 Å². The SMILES string of the molecule is CN(C)c1ccccc1Nc1c(-c2ccccc2)cc(C(C)(C)C)cc1-c1ccccc1. The highest BCUT2D eigenvalue weighted by Gasteiger charge is 2.21. The van der Waals surface area contributed by atoms with Crippen molar-refractivity contribution >= 4 is 17.1 Å². The second-order valence-corrected chi connectivity index (χ2v) is 9.46. The van der Waals surface area contributed by atoms with Gasteiger partial charge in [-0.05, 0) is 46.4 Å². The molecule has 0 atom stereocenters. The largest absolute Gasteiger partial charge is 0.376 e. The van der Waals surface area contributed by atoms with Crippen LogP contribution >= 0.6 is 0 Å². The van der Waals surface area contributed by atoms with E-state index in [1.807, 2.05) is 0 Å². The normalized spacial score (nSPS) is 11.3. The molecule has 0 aliphatic heterocycles. The second kappa shape index (κ2) is 8.92. The number of hydrogen-bond acceptors (Lipinski definition) is 2. The van der Waals surface area contributed by atoms with Crippen LogP contribution in [0.5, 0.6) is 0 Å². The van der Waals surface area contributed by atoms with Crippen LogP contribution < -0.4 is 10.2 Å². The number of nitrogens with one attached hydrogen (secondary N) is 1. The van der Waals surface area contributed by atoms with Gasteiger partial charge in [-0.1, -0.05) is 93.6 Å². The zero-order chi connectivity index (χ0) is 22.7. The number of nitrogens with zero attached hydrogens (tertiary/aromatic N) is 1. The molecule has 32 heavy (non-hydrogen) atoms. The Balaban J connectivity index is 2.02. The Morgan fingerprint density at radius 3 is 1.56 bits per heavy atom. The molecule has 4 aromatic rings. The molecule has 0 saturated carbocycles. The molecule has 0 aliphatic rings. The van der Waals surface area contributed by atoms with E-state index in [-0.39, 0.29) is 5.41 Å². The van der Waals surface area contributed by atoms with E-state index >= 15 is 0 Å². The van der Waals surface area contributed by atoms with Crippen molar-refractivity contribution in [2.75, 3.05) is 24.3 Å². The molecule has 0 radical (unpaired) electrons. The van der Waals surface area contributed by atoms with E-state index in [1.54, 1.807) is 0 Å². The summed E-state index contributed by atoms with van der Waals surface area (Å²) < 4.78 is 0. The Hall–Kier alpha value is -3.52. The molecule has 0 fully saturated rings. The van der Waals surface area contributed by atoms with E-state index in [0.29, 0.717) is 0 Å². The molecule has 0 aliphatic carbocycles. The quantitative estimate of drug-likeness (QED) is 0.350. The first-order chi connectivity index (χ1) is 15.3. The highest BCUT2D eigenvalue weighted by Crippen LogP contribution is 2.43. The van der Waals surface area contributed by atoms with Crippen molar-refractivity contribution in [1.29, 1.82) is 0 Å². The number of benzene rings is 4. The van der Waals surface area contributed by atoms with Gasteiger partial charge in [0.05, 0.1) is 17.1 Å². The smallest absolute Gasteiger partial charge is 0.0622 e. The minimum absolute atomic E-state index is 0.0349. The maximum Gasteiger partial charge on any atom is 0.0622 e. The van der Waals surface area contributed by atoms with E-state index in [2.05, 4.69) is 142 Å². The van der Waals surface area contributed by atoms with Crippen molar-refractivity contribution in [3.63, 3.8) is 0 Å². The average Bonchev–Trinajstić information content (AvgIpc) is 2.80. The van der Waals surface area contributed by atoms with E-state index in [0.717, 1.165) is 17.1 Å². The van der Waals surface area contributed by atoms with E-state index in [4.69, 9.17) is 0 Å². The highest BCUT2D eigenvalue weighted by molar-refractivity contribution is 5.95. The molecule has 4 aromatic carbocycles. The first kappa shape index (κ1) is 21.7. The molecule has 0 aromatic heterocycles. The summed E-state index contributed by atoms with van der Waals surface area (Å²) in [5.41, 5.74) is 9.58. The van der Waals surface area contributed by atoms with Crippen LogP contribution in [0.4, 0.5) is 17.1 Å². The molecule has 1 N–H and O–H groups in total. The van der Waals surface area contributed by atoms with E-state index in [1.165, 1.54) is 27.8 Å². The van der Waals surface area contributed by atoms with Gasteiger partial charge in [-0.2, -0.15) is 0 Å². The first-order valence-electron chi connectivity index (χ1n) is 11.2. The molecule has 162 valence electrons. The van der Waals surface area contributed by atoms with Crippen LogP contribution in [0.1, 0.15) is 26.3 Å². The van der Waals surface area contributed by atoms with Crippen LogP contribution in [0, 0.1) is 0 Å². The van der Waals surface area contributed by atoms with E-state index < -0.39 is 0 Å². The molecule has 0 bridgehead atoms. The minimum atomic E-state index is 0.0349. The topological polar surface area (TPSA) is 15.3 Å². The summed E-state index contributed by atoms with van der Waals surface area (Å²) in [6.45, 7) is 6.83. The first-order valence-corrected chi connectivity index (χ1v) is 11.2. The van der Waals surface area contributed by atoms with Crippen molar-refractivity contribution < 1.29 is 0 Å². The van der Waals surface area contributed by atoms with Crippen molar-refractivity contribution in [3.05, 3.63) is 103 Å². The molecule has 0 amide bonds. The number of rotatable bonds is 5. The molecule has 0 saturated heterocycles. The summed E-state index contributed by atoms with van der Waals surface area (Å²) in [5.74, 6) is 0. The molecular weight excluding hydrogens is 388 g/mol. The molecular formula is C30H32N2. The van der Waals surface area contributed by atoms with Gasteiger partial charge in [-0.15, -0.1) is 0 Å². The number of anilines is 3. The van der Waals surface area contributed by atoms with Gasteiger partial charge in [0.2, 0.25) is 0 Å². The third-order valence-corrected chi connectivity index (χ3v) is 5.82. The van der Waals surface area contributed by atoms with Crippen LogP contribution in [0.25, 0.3) is 22.3 Å². The Bertz CT molecular complexity index is 1130. The molecule has 0 heterocycles. The summed E-state index contributed by atoms with van der Waals surface area (Å²) in [4.78, 5) is 2.15. The predicted molar refractivity (Wildman–Crippen MR) is 140 cm³/mol. The van der Waals surface area contributed by atoms with Gasteiger partial charge < -0.3 is 10.2 Å². The highest BCUT2D eigenvalue weighted by atomic mass is 15.1. The number of para-hydroxylation sites is 2. The summed E-state index contributed by atoms with van der Waals surface area (Å²) >= 11 is 0. The van der Waals surface area contributed by atoms with E-state index in [9.17, 15) is 0 Å². The van der Waals surface area contributed by atoms with Crippen LogP contribution in [-0.2, 0) is 5.41 Å². The molecule has 0 spiro atoms. The summed E-state index contributed by atoms with van der Waals surface area (Å²) in [5, 5.41) is 3.83. The fourth-order valence-electron chi connectivity index (χ4n) is 4.00. The van der Waals surface area contributed by atoms with Crippen molar-refractivity contribution in [3.8, 4) is 22.3 Å². The fourth-order valence-corrected chi connectivity index (χ4v) is 4.00. The summed E-state index contributed by atoms with van der Waals surface area (Å²) in [6, 6.07) is 34.5. The standard InChI is InChI=1S/C30H32N2/c1-30(2,3)24-20-25(22-14-8-6-9-15-22)29(26(21-24)23-16-10-7-11-17-23)31-27-18-12-13-19-28(27)32(4)5/h6-21,31H,1-5H3. The lowest BCUT2D eigenvalue weighted by molar-refractivity contribution is 0.591. The third kappa shape index (κ3) is 4.55. The summed E-state index contributed by atoms with van der Waals surface area (Å²) in [6.07, 6.45) is 0. The maximum absolute atomic E-state index is 3.83. The molecule has 2 nitrogen and oxygen atoms in total. The van der Waals surface area contributed by atoms with Gasteiger partial charge in [0.1, 0.15) is 0 Å². The Kier molecular flexibility index (Phi) is 6.05. The van der Waals surface area contributed by atoms with Crippen LogP contribution in [0.15, 0.2) is 97.1 Å². The third-order valence-electron chi connectivity index (χ3n) is 5.82. The van der Waals surface area contributed by atoms with Gasteiger partial charge in [0, 0.05) is 25.2 Å². The van der Waals surface area contributed by atoms with Gasteiger partial charge >= 0.3 is 0 Å². The van der Waals surface area contributed by atoms with Crippen LogP contribution in [0.3, 0.4) is 0 Å². The van der Waals surface area contributed by atoms with Crippen molar-refractivity contribution in [2.45, 2.75) is 26.2 Å². The van der Waals surface area contributed by atoms with Crippen molar-refractivity contribution in [2.24, 2.45) is 0 Å². The molecule has 4 rings (SSSR count). The monoisotopic (exact) mass is 420 g/mol. The van der Waals surface area contributed by atoms with Crippen LogP contribution in [0.2, 0.25) is 0 Å². The number of hydrogen-bond donors (Lipinski definition) is 1. The van der Waals surface area contributed by atoms with Gasteiger partial charge in [0.15, 0.2) is 0 Å². The minimum Gasteiger partial charge on any atom is -0.376 e. The zero-order valence-corrected chi connectivity index (χ0v) is 19.7. The predicted octanol–water partition coefficient (Wildman–Crippen LogP) is 8.13. The Morgan fingerprint density at radius 1 is 0.625 bits per heavy atom. The molecule has 2 heteroatoms. The molecule has 0 unspecified atom stereocenters. The summed E-state index contributed by atoms with van der Waals surface area (Å²) in [7, 11) is 4.17. The zero-order valence-electron chi connectivity index (χ0n) is 19.7. The fraction of sp³-hybridized carbons (Fsp3) is 0.200. The van der Waals surface area contributed by atoms with Crippen LogP contribution in [-0.4, -0.2) is 14.1 Å².